The fraction of sp³-hybridized carbons (Fsp3) is 0.700. The molecule has 2 aliphatic heterocycles. The summed E-state index contributed by atoms with van der Waals surface area (Å²) in [5.41, 5.74) is 2.26. The summed E-state index contributed by atoms with van der Waals surface area (Å²) in [5, 5.41) is 9.12. The highest BCUT2D eigenvalue weighted by Gasteiger charge is 2.28. The molecular weight excluding hydrogens is 338 g/mol. The van der Waals surface area contributed by atoms with Crippen molar-refractivity contribution in [2.24, 2.45) is 7.05 Å². The molecule has 0 radical (unpaired) electrons. The van der Waals surface area contributed by atoms with Crippen molar-refractivity contribution in [2.75, 3.05) is 31.1 Å². The maximum Gasteiger partial charge on any atom is 0.146 e. The Hall–Kier alpha value is -2.02. The van der Waals surface area contributed by atoms with E-state index in [2.05, 4.69) is 50.4 Å². The highest BCUT2D eigenvalue weighted by Crippen LogP contribution is 2.30. The molecule has 0 aromatic carbocycles. The summed E-state index contributed by atoms with van der Waals surface area (Å²) >= 11 is 0. The van der Waals surface area contributed by atoms with E-state index in [0.717, 1.165) is 61.5 Å². The molecule has 4 rings (SSSR count). The van der Waals surface area contributed by atoms with Gasteiger partial charge in [-0.05, 0) is 59.5 Å². The zero-order chi connectivity index (χ0) is 19.0. The van der Waals surface area contributed by atoms with Gasteiger partial charge in [0.2, 0.25) is 0 Å². The van der Waals surface area contributed by atoms with Crippen molar-refractivity contribution in [1.82, 2.24) is 29.6 Å². The van der Waals surface area contributed by atoms with Crippen molar-refractivity contribution in [3.8, 4) is 0 Å². The molecule has 2 fully saturated rings. The predicted molar refractivity (Wildman–Crippen MR) is 106 cm³/mol. The van der Waals surface area contributed by atoms with Gasteiger partial charge in [-0.2, -0.15) is 0 Å². The zero-order valence-corrected chi connectivity index (χ0v) is 17.1. The summed E-state index contributed by atoms with van der Waals surface area (Å²) in [5.74, 6) is 4.55. The molecule has 0 N–H and O–H groups in total. The van der Waals surface area contributed by atoms with Crippen LogP contribution in [0.1, 0.15) is 60.3 Å². The molecule has 0 aliphatic carbocycles. The molecule has 0 amide bonds. The minimum Gasteiger partial charge on any atom is -0.356 e. The second kappa shape index (κ2) is 7.54. The van der Waals surface area contributed by atoms with Crippen molar-refractivity contribution in [3.63, 3.8) is 0 Å². The SMILES string of the molecule is Cc1nc(C)c(C)c(N2CCCC(c3nnc(CN4CCCC4)n3C)C2)n1. The van der Waals surface area contributed by atoms with E-state index in [1.54, 1.807) is 0 Å². The maximum absolute atomic E-state index is 4.75. The Bertz CT molecular complexity index is 807. The number of anilines is 1. The van der Waals surface area contributed by atoms with E-state index in [1.165, 1.54) is 31.5 Å². The van der Waals surface area contributed by atoms with Gasteiger partial charge in [-0.3, -0.25) is 4.90 Å². The molecule has 2 aromatic heterocycles. The topological polar surface area (TPSA) is 63.0 Å². The van der Waals surface area contributed by atoms with E-state index in [-0.39, 0.29) is 0 Å². The molecule has 146 valence electrons. The third-order valence-corrected chi connectivity index (χ3v) is 6.12. The molecule has 7 heteroatoms. The molecule has 4 heterocycles. The largest absolute Gasteiger partial charge is 0.356 e. The average molecular weight is 370 g/mol. The Balaban J connectivity index is 1.53. The lowest BCUT2D eigenvalue weighted by Crippen LogP contribution is -2.36. The zero-order valence-electron chi connectivity index (χ0n) is 17.1. The highest BCUT2D eigenvalue weighted by atomic mass is 15.3. The summed E-state index contributed by atoms with van der Waals surface area (Å²) in [6.07, 6.45) is 4.92. The number of rotatable bonds is 4. The minimum absolute atomic E-state index is 0.401. The van der Waals surface area contributed by atoms with Gasteiger partial charge in [0, 0.05) is 37.3 Å². The van der Waals surface area contributed by atoms with E-state index in [1.807, 2.05) is 6.92 Å². The molecule has 27 heavy (non-hydrogen) atoms. The summed E-state index contributed by atoms with van der Waals surface area (Å²) < 4.78 is 2.23. The van der Waals surface area contributed by atoms with E-state index in [9.17, 15) is 0 Å². The first-order chi connectivity index (χ1) is 13.0. The number of likely N-dealkylation sites (tertiary alicyclic amines) is 1. The van der Waals surface area contributed by atoms with Crippen LogP contribution in [0.2, 0.25) is 0 Å². The summed E-state index contributed by atoms with van der Waals surface area (Å²) in [6, 6.07) is 0. The fourth-order valence-corrected chi connectivity index (χ4v) is 4.45. The van der Waals surface area contributed by atoms with Gasteiger partial charge in [0.1, 0.15) is 23.3 Å². The fourth-order valence-electron chi connectivity index (χ4n) is 4.45. The molecule has 1 atom stereocenters. The third kappa shape index (κ3) is 3.70. The van der Waals surface area contributed by atoms with Crippen LogP contribution in [-0.2, 0) is 13.6 Å². The van der Waals surface area contributed by atoms with Crippen LogP contribution in [0.4, 0.5) is 5.82 Å². The van der Waals surface area contributed by atoms with Crippen LogP contribution in [0.3, 0.4) is 0 Å². The molecule has 2 aromatic rings. The summed E-state index contributed by atoms with van der Waals surface area (Å²) in [6.45, 7) is 11.5. The van der Waals surface area contributed by atoms with Crippen LogP contribution >= 0.6 is 0 Å². The molecular formula is C20H31N7. The first-order valence-electron chi connectivity index (χ1n) is 10.2. The highest BCUT2D eigenvalue weighted by molar-refractivity contribution is 5.49. The standard InChI is InChI=1S/C20H31N7/c1-14-15(2)21-16(3)22-19(14)27-11-7-8-17(12-27)20-24-23-18(25(20)4)13-26-9-5-6-10-26/h17H,5-13H2,1-4H3. The lowest BCUT2D eigenvalue weighted by atomic mass is 9.96. The lowest BCUT2D eigenvalue weighted by Gasteiger charge is -2.34. The van der Waals surface area contributed by atoms with E-state index in [4.69, 9.17) is 4.98 Å². The van der Waals surface area contributed by atoms with E-state index >= 15 is 0 Å². The first kappa shape index (κ1) is 18.3. The normalized spacial score (nSPS) is 21.2. The Morgan fingerprint density at radius 3 is 2.52 bits per heavy atom. The van der Waals surface area contributed by atoms with Crippen LogP contribution in [0.25, 0.3) is 0 Å². The summed E-state index contributed by atoms with van der Waals surface area (Å²) in [7, 11) is 2.13. The van der Waals surface area contributed by atoms with Crippen LogP contribution in [0.15, 0.2) is 0 Å². The van der Waals surface area contributed by atoms with Crippen LogP contribution in [0.5, 0.6) is 0 Å². The second-order valence-corrected chi connectivity index (χ2v) is 8.11. The molecule has 0 saturated carbocycles. The van der Waals surface area contributed by atoms with Crippen molar-refractivity contribution < 1.29 is 0 Å². The number of aromatic nitrogens is 5. The minimum atomic E-state index is 0.401. The number of hydrogen-bond acceptors (Lipinski definition) is 6. The smallest absolute Gasteiger partial charge is 0.146 e. The molecule has 0 bridgehead atoms. The van der Waals surface area contributed by atoms with Gasteiger partial charge in [-0.25, -0.2) is 9.97 Å². The van der Waals surface area contributed by atoms with E-state index in [0.29, 0.717) is 5.92 Å². The number of aryl methyl sites for hydroxylation is 2. The quantitative estimate of drug-likeness (QED) is 0.825. The van der Waals surface area contributed by atoms with Crippen molar-refractivity contribution in [1.29, 1.82) is 0 Å². The second-order valence-electron chi connectivity index (χ2n) is 8.11. The number of piperidine rings is 1. The molecule has 2 saturated heterocycles. The number of nitrogens with zero attached hydrogens (tertiary/aromatic N) is 7. The van der Waals surface area contributed by atoms with Crippen molar-refractivity contribution >= 4 is 5.82 Å². The maximum atomic E-state index is 4.75. The molecule has 2 aliphatic rings. The van der Waals surface area contributed by atoms with Crippen LogP contribution in [-0.4, -0.2) is 55.8 Å². The number of hydrogen-bond donors (Lipinski definition) is 0. The van der Waals surface area contributed by atoms with E-state index < -0.39 is 0 Å². The van der Waals surface area contributed by atoms with Gasteiger partial charge in [0.25, 0.3) is 0 Å². The van der Waals surface area contributed by atoms with Crippen LogP contribution in [0, 0.1) is 20.8 Å². The van der Waals surface area contributed by atoms with Gasteiger partial charge in [-0.1, -0.05) is 0 Å². The monoisotopic (exact) mass is 369 g/mol. The Morgan fingerprint density at radius 2 is 1.74 bits per heavy atom. The lowest BCUT2D eigenvalue weighted by molar-refractivity contribution is 0.317. The molecule has 7 nitrogen and oxygen atoms in total. The van der Waals surface area contributed by atoms with Gasteiger partial charge >= 0.3 is 0 Å². The first-order valence-corrected chi connectivity index (χ1v) is 10.2. The van der Waals surface area contributed by atoms with Crippen LogP contribution < -0.4 is 4.90 Å². The Morgan fingerprint density at radius 1 is 0.963 bits per heavy atom. The third-order valence-electron chi connectivity index (χ3n) is 6.12. The predicted octanol–water partition coefficient (Wildman–Crippen LogP) is 2.51. The Kier molecular flexibility index (Phi) is 5.12. The summed E-state index contributed by atoms with van der Waals surface area (Å²) in [4.78, 5) is 14.1. The van der Waals surface area contributed by atoms with Gasteiger partial charge in [-0.15, -0.1) is 10.2 Å². The van der Waals surface area contributed by atoms with Crippen molar-refractivity contribution in [2.45, 2.75) is 58.9 Å². The van der Waals surface area contributed by atoms with Gasteiger partial charge in [0.15, 0.2) is 0 Å². The molecule has 0 spiro atoms. The average Bonchev–Trinajstić information content (AvgIpc) is 3.29. The van der Waals surface area contributed by atoms with Crippen molar-refractivity contribution in [3.05, 3.63) is 28.7 Å². The molecule has 1 unspecified atom stereocenters. The Labute approximate surface area is 161 Å². The van der Waals surface area contributed by atoms with Gasteiger partial charge < -0.3 is 9.47 Å². The van der Waals surface area contributed by atoms with Gasteiger partial charge in [0.05, 0.1) is 6.54 Å².